The number of hydrogen-bond acceptors (Lipinski definition) is 1. The van der Waals surface area contributed by atoms with Gasteiger partial charge in [-0.1, -0.05) is 6.08 Å². The first-order chi connectivity index (χ1) is 5.33. The predicted molar refractivity (Wildman–Crippen MR) is 51.7 cm³/mol. The molecule has 58 valence electrons. The smallest absolute Gasteiger partial charge is 0.0627 e. The second kappa shape index (κ2) is 4.52. The monoisotopic (exact) mass is 231 g/mol. The molecular formula is C8H7BrClN. The molecule has 0 aliphatic rings. The molecule has 0 aliphatic carbocycles. The van der Waals surface area contributed by atoms with E-state index in [0.29, 0.717) is 5.88 Å². The van der Waals surface area contributed by atoms with Crippen LogP contribution in [0.1, 0.15) is 5.69 Å². The first kappa shape index (κ1) is 8.75. The lowest BCUT2D eigenvalue weighted by molar-refractivity contribution is 1.28. The molecule has 1 aromatic heterocycles. The van der Waals surface area contributed by atoms with Crippen molar-refractivity contribution in [1.82, 2.24) is 4.98 Å². The Balaban J connectivity index is 2.73. The maximum atomic E-state index is 5.46. The van der Waals surface area contributed by atoms with Crippen LogP contribution < -0.4 is 0 Å². The Hall–Kier alpha value is -0.340. The Morgan fingerprint density at radius 1 is 1.55 bits per heavy atom. The van der Waals surface area contributed by atoms with E-state index in [0.717, 1.165) is 10.2 Å². The van der Waals surface area contributed by atoms with Gasteiger partial charge in [0.05, 0.1) is 5.69 Å². The number of halogens is 2. The van der Waals surface area contributed by atoms with Gasteiger partial charge in [-0.05, 0) is 34.1 Å². The van der Waals surface area contributed by atoms with E-state index in [9.17, 15) is 0 Å². The highest BCUT2D eigenvalue weighted by molar-refractivity contribution is 9.10. The van der Waals surface area contributed by atoms with Crippen molar-refractivity contribution in [2.24, 2.45) is 0 Å². The summed E-state index contributed by atoms with van der Waals surface area (Å²) in [7, 11) is 0. The Labute approximate surface area is 79.2 Å². The second-order valence-corrected chi connectivity index (χ2v) is 3.18. The van der Waals surface area contributed by atoms with Crippen LogP contribution in [0.3, 0.4) is 0 Å². The van der Waals surface area contributed by atoms with E-state index in [-0.39, 0.29) is 0 Å². The van der Waals surface area contributed by atoms with Crippen LogP contribution in [-0.2, 0) is 0 Å². The van der Waals surface area contributed by atoms with Crippen molar-refractivity contribution in [3.63, 3.8) is 0 Å². The minimum Gasteiger partial charge on any atom is -0.256 e. The molecule has 0 N–H and O–H groups in total. The summed E-state index contributed by atoms with van der Waals surface area (Å²) >= 11 is 8.76. The van der Waals surface area contributed by atoms with Crippen LogP contribution in [0.4, 0.5) is 0 Å². The summed E-state index contributed by atoms with van der Waals surface area (Å²) in [5.74, 6) is 0.526. The van der Waals surface area contributed by atoms with E-state index in [1.807, 2.05) is 24.3 Å². The van der Waals surface area contributed by atoms with E-state index < -0.39 is 0 Å². The fraction of sp³-hybridized carbons (Fsp3) is 0.125. The van der Waals surface area contributed by atoms with Gasteiger partial charge in [-0.3, -0.25) is 4.98 Å². The van der Waals surface area contributed by atoms with E-state index in [4.69, 9.17) is 11.6 Å². The molecule has 0 radical (unpaired) electrons. The molecule has 1 nitrogen and oxygen atoms in total. The molecule has 0 aliphatic heterocycles. The highest BCUT2D eigenvalue weighted by atomic mass is 79.9. The average molecular weight is 233 g/mol. The molecule has 0 amide bonds. The van der Waals surface area contributed by atoms with Crippen LogP contribution in [0.5, 0.6) is 0 Å². The molecule has 0 saturated heterocycles. The molecule has 0 aromatic carbocycles. The number of pyridine rings is 1. The largest absolute Gasteiger partial charge is 0.256 e. The number of hydrogen-bond donors (Lipinski definition) is 0. The fourth-order valence-corrected chi connectivity index (χ4v) is 0.975. The number of allylic oxidation sites excluding steroid dienone is 1. The molecule has 11 heavy (non-hydrogen) atoms. The van der Waals surface area contributed by atoms with Gasteiger partial charge in [0.25, 0.3) is 0 Å². The van der Waals surface area contributed by atoms with Gasteiger partial charge in [0, 0.05) is 16.5 Å². The molecular weight excluding hydrogens is 225 g/mol. The molecule has 1 rings (SSSR count). The average Bonchev–Trinajstić information content (AvgIpc) is 2.04. The van der Waals surface area contributed by atoms with Crippen molar-refractivity contribution in [3.05, 3.63) is 34.6 Å². The lowest BCUT2D eigenvalue weighted by Gasteiger charge is -1.90. The molecule has 1 aromatic rings. The van der Waals surface area contributed by atoms with Gasteiger partial charge in [-0.25, -0.2) is 0 Å². The number of aromatic nitrogens is 1. The standard InChI is InChI=1S/C8H7BrClN/c9-7-3-4-8(11-6-7)2-1-5-10/h1-4,6H,5H2/b2-1+. The molecule has 0 spiro atoms. The number of rotatable bonds is 2. The van der Waals surface area contributed by atoms with Crippen LogP contribution in [0.15, 0.2) is 28.9 Å². The first-order valence-electron chi connectivity index (χ1n) is 3.17. The highest BCUT2D eigenvalue weighted by Crippen LogP contribution is 2.08. The zero-order valence-corrected chi connectivity index (χ0v) is 8.14. The van der Waals surface area contributed by atoms with Crippen LogP contribution in [0.25, 0.3) is 6.08 Å². The van der Waals surface area contributed by atoms with Gasteiger partial charge < -0.3 is 0 Å². The summed E-state index contributed by atoms with van der Waals surface area (Å²) in [6.45, 7) is 0. The van der Waals surface area contributed by atoms with E-state index in [1.165, 1.54) is 0 Å². The van der Waals surface area contributed by atoms with Crippen molar-refractivity contribution in [2.75, 3.05) is 5.88 Å². The Kier molecular flexibility index (Phi) is 3.60. The van der Waals surface area contributed by atoms with Crippen LogP contribution in [0.2, 0.25) is 0 Å². The maximum absolute atomic E-state index is 5.46. The molecule has 0 atom stereocenters. The van der Waals surface area contributed by atoms with Crippen LogP contribution >= 0.6 is 27.5 Å². The molecule has 3 heteroatoms. The van der Waals surface area contributed by atoms with Gasteiger partial charge in [-0.2, -0.15) is 0 Å². The Bertz CT molecular complexity index is 243. The summed E-state index contributed by atoms with van der Waals surface area (Å²) in [5, 5.41) is 0. The molecule has 1 heterocycles. The van der Waals surface area contributed by atoms with Gasteiger partial charge >= 0.3 is 0 Å². The van der Waals surface area contributed by atoms with Crippen molar-refractivity contribution in [3.8, 4) is 0 Å². The lowest BCUT2D eigenvalue weighted by atomic mass is 10.3. The third-order valence-corrected chi connectivity index (χ3v) is 1.78. The molecule has 0 saturated carbocycles. The third-order valence-electron chi connectivity index (χ3n) is 1.13. The topological polar surface area (TPSA) is 12.9 Å². The third kappa shape index (κ3) is 3.04. The Morgan fingerprint density at radius 3 is 2.91 bits per heavy atom. The van der Waals surface area contributed by atoms with Gasteiger partial charge in [0.15, 0.2) is 0 Å². The van der Waals surface area contributed by atoms with Crippen LogP contribution in [-0.4, -0.2) is 10.9 Å². The van der Waals surface area contributed by atoms with E-state index in [1.54, 1.807) is 6.20 Å². The molecule has 0 fully saturated rings. The number of alkyl halides is 1. The maximum Gasteiger partial charge on any atom is 0.0627 e. The van der Waals surface area contributed by atoms with E-state index in [2.05, 4.69) is 20.9 Å². The zero-order chi connectivity index (χ0) is 8.10. The van der Waals surface area contributed by atoms with Crippen molar-refractivity contribution in [2.45, 2.75) is 0 Å². The summed E-state index contributed by atoms with van der Waals surface area (Å²) in [4.78, 5) is 4.12. The minimum absolute atomic E-state index is 0.526. The highest BCUT2D eigenvalue weighted by Gasteiger charge is 1.86. The van der Waals surface area contributed by atoms with Crippen molar-refractivity contribution < 1.29 is 0 Å². The molecule has 0 unspecified atom stereocenters. The van der Waals surface area contributed by atoms with Gasteiger partial charge in [0.1, 0.15) is 0 Å². The van der Waals surface area contributed by atoms with Crippen molar-refractivity contribution in [1.29, 1.82) is 0 Å². The normalized spacial score (nSPS) is 10.7. The van der Waals surface area contributed by atoms with E-state index >= 15 is 0 Å². The fourth-order valence-electron chi connectivity index (χ4n) is 0.651. The second-order valence-electron chi connectivity index (χ2n) is 1.96. The van der Waals surface area contributed by atoms with Crippen molar-refractivity contribution >= 4 is 33.6 Å². The summed E-state index contributed by atoms with van der Waals surface area (Å²) in [6, 6.07) is 3.87. The quantitative estimate of drug-likeness (QED) is 0.714. The van der Waals surface area contributed by atoms with Gasteiger partial charge in [0.2, 0.25) is 0 Å². The summed E-state index contributed by atoms with van der Waals surface area (Å²) < 4.78 is 0.987. The SMILES string of the molecule is ClC/C=C/c1ccc(Br)cn1. The van der Waals surface area contributed by atoms with Crippen LogP contribution in [0, 0.1) is 0 Å². The predicted octanol–water partition coefficient (Wildman–Crippen LogP) is 3.10. The summed E-state index contributed by atoms with van der Waals surface area (Å²) in [5.41, 5.74) is 0.925. The zero-order valence-electron chi connectivity index (χ0n) is 5.80. The minimum atomic E-state index is 0.526. The van der Waals surface area contributed by atoms with Gasteiger partial charge in [-0.15, -0.1) is 11.6 Å². The molecule has 0 bridgehead atoms. The Morgan fingerprint density at radius 2 is 2.36 bits per heavy atom. The first-order valence-corrected chi connectivity index (χ1v) is 4.50. The lowest BCUT2D eigenvalue weighted by Crippen LogP contribution is -1.78. The summed E-state index contributed by atoms with van der Waals surface area (Å²) in [6.07, 6.45) is 5.51. The number of nitrogens with zero attached hydrogens (tertiary/aromatic N) is 1.